The second kappa shape index (κ2) is 7.60. The molecular formula is C19H21ClFN3O2. The summed E-state index contributed by atoms with van der Waals surface area (Å²) in [7, 11) is 1.69. The maximum atomic E-state index is 14.7. The third-order valence-corrected chi connectivity index (χ3v) is 4.85. The van der Waals surface area contributed by atoms with Gasteiger partial charge in [0.15, 0.2) is 0 Å². The van der Waals surface area contributed by atoms with E-state index in [2.05, 4.69) is 10.3 Å². The van der Waals surface area contributed by atoms with Gasteiger partial charge in [0.05, 0.1) is 6.20 Å². The number of hydrogen-bond donors (Lipinski definition) is 1. The lowest BCUT2D eigenvalue weighted by Gasteiger charge is -2.26. The Balaban J connectivity index is 0.00000196. The van der Waals surface area contributed by atoms with Crippen LogP contribution in [-0.4, -0.2) is 37.1 Å². The van der Waals surface area contributed by atoms with Gasteiger partial charge >= 0.3 is 0 Å². The fourth-order valence-corrected chi connectivity index (χ4v) is 3.44. The minimum absolute atomic E-state index is 0. The highest BCUT2D eigenvalue weighted by Gasteiger charge is 2.23. The van der Waals surface area contributed by atoms with E-state index in [9.17, 15) is 9.18 Å². The van der Waals surface area contributed by atoms with Crippen molar-refractivity contribution in [3.63, 3.8) is 0 Å². The maximum absolute atomic E-state index is 14.7. The fourth-order valence-electron chi connectivity index (χ4n) is 3.44. The van der Waals surface area contributed by atoms with Crippen molar-refractivity contribution < 1.29 is 13.9 Å². The molecule has 0 bridgehead atoms. The lowest BCUT2D eigenvalue weighted by molar-refractivity contribution is -0.118. The van der Waals surface area contributed by atoms with Gasteiger partial charge in [-0.2, -0.15) is 0 Å². The molecule has 1 unspecified atom stereocenters. The zero-order chi connectivity index (χ0) is 17.4. The fraction of sp³-hybridized carbons (Fsp3) is 0.368. The Hall–Kier alpha value is -2.18. The molecule has 2 aliphatic rings. The molecule has 4 rings (SSSR count). The highest BCUT2D eigenvalue weighted by atomic mass is 35.5. The Bertz CT molecular complexity index is 824. The molecule has 1 N–H and O–H groups in total. The second-order valence-electron chi connectivity index (χ2n) is 6.56. The Morgan fingerprint density at radius 2 is 2.12 bits per heavy atom. The number of fused-ring (bicyclic) bond motifs is 1. The molecule has 1 amide bonds. The molecule has 0 saturated carbocycles. The molecule has 26 heavy (non-hydrogen) atoms. The molecule has 0 spiro atoms. The molecule has 1 fully saturated rings. The number of ether oxygens (including phenoxy) is 1. The zero-order valence-electron chi connectivity index (χ0n) is 14.5. The van der Waals surface area contributed by atoms with Crippen LogP contribution in [0.2, 0.25) is 0 Å². The summed E-state index contributed by atoms with van der Waals surface area (Å²) in [5.74, 6) is 0.305. The van der Waals surface area contributed by atoms with Crippen molar-refractivity contribution in [3.05, 3.63) is 42.0 Å². The summed E-state index contributed by atoms with van der Waals surface area (Å²) >= 11 is 0. The average molecular weight is 378 g/mol. The first kappa shape index (κ1) is 18.6. The Kier molecular flexibility index (Phi) is 5.44. The number of nitrogens with one attached hydrogen (secondary N) is 1. The van der Waals surface area contributed by atoms with Crippen LogP contribution < -0.4 is 15.0 Å². The van der Waals surface area contributed by atoms with E-state index in [4.69, 9.17) is 4.74 Å². The van der Waals surface area contributed by atoms with Gasteiger partial charge in [0.2, 0.25) is 5.91 Å². The Morgan fingerprint density at radius 1 is 1.27 bits per heavy atom. The summed E-state index contributed by atoms with van der Waals surface area (Å²) in [5, 5.41) is 3.25. The minimum Gasteiger partial charge on any atom is -0.487 e. The molecule has 5 nitrogen and oxygen atoms in total. The predicted molar refractivity (Wildman–Crippen MR) is 101 cm³/mol. The molecule has 0 radical (unpaired) electrons. The number of rotatable bonds is 3. The van der Waals surface area contributed by atoms with Crippen molar-refractivity contribution in [2.75, 3.05) is 25.0 Å². The van der Waals surface area contributed by atoms with Crippen LogP contribution in [0.15, 0.2) is 30.6 Å². The Morgan fingerprint density at radius 3 is 2.88 bits per heavy atom. The van der Waals surface area contributed by atoms with E-state index >= 15 is 0 Å². The van der Waals surface area contributed by atoms with Gasteiger partial charge in [0.1, 0.15) is 17.7 Å². The number of amides is 1. The number of aryl methyl sites for hydroxylation is 1. The van der Waals surface area contributed by atoms with Gasteiger partial charge in [-0.15, -0.1) is 12.4 Å². The van der Waals surface area contributed by atoms with Crippen LogP contribution in [0.3, 0.4) is 0 Å². The monoisotopic (exact) mass is 377 g/mol. The van der Waals surface area contributed by atoms with E-state index in [1.54, 1.807) is 19.4 Å². The van der Waals surface area contributed by atoms with Crippen molar-refractivity contribution in [2.24, 2.45) is 0 Å². The van der Waals surface area contributed by atoms with E-state index in [1.165, 1.54) is 11.0 Å². The van der Waals surface area contributed by atoms with Crippen molar-refractivity contribution in [2.45, 2.75) is 25.4 Å². The molecule has 1 atom stereocenters. The number of halogens is 2. The topological polar surface area (TPSA) is 54.5 Å². The van der Waals surface area contributed by atoms with Gasteiger partial charge < -0.3 is 15.0 Å². The molecule has 2 aliphatic heterocycles. The SMILES string of the molecule is CN1C(=O)CCc2cc(-c3cncc(OC4CCNC4)c3)c(F)cc21.Cl. The van der Waals surface area contributed by atoms with E-state index in [0.717, 1.165) is 25.1 Å². The van der Waals surface area contributed by atoms with Crippen LogP contribution in [0.25, 0.3) is 11.1 Å². The van der Waals surface area contributed by atoms with Crippen molar-refractivity contribution in [3.8, 4) is 16.9 Å². The first-order chi connectivity index (χ1) is 12.1. The summed E-state index contributed by atoms with van der Waals surface area (Å²) in [5.41, 5.74) is 2.80. The van der Waals surface area contributed by atoms with Gasteiger partial charge in [0.25, 0.3) is 0 Å². The number of carbonyl (C=O) groups is 1. The second-order valence-corrected chi connectivity index (χ2v) is 6.56. The molecular weight excluding hydrogens is 357 g/mol. The molecule has 1 saturated heterocycles. The summed E-state index contributed by atoms with van der Waals surface area (Å²) in [4.78, 5) is 17.5. The number of pyridine rings is 1. The third-order valence-electron chi connectivity index (χ3n) is 4.85. The van der Waals surface area contributed by atoms with Gasteiger partial charge in [0, 0.05) is 43.0 Å². The lowest BCUT2D eigenvalue weighted by atomic mass is 9.96. The van der Waals surface area contributed by atoms with Crippen LogP contribution >= 0.6 is 12.4 Å². The molecule has 2 aromatic rings. The van der Waals surface area contributed by atoms with Crippen LogP contribution in [0.1, 0.15) is 18.4 Å². The van der Waals surface area contributed by atoms with Gasteiger partial charge in [-0.05, 0) is 43.1 Å². The van der Waals surface area contributed by atoms with Crippen molar-refractivity contribution >= 4 is 24.0 Å². The van der Waals surface area contributed by atoms with E-state index in [-0.39, 0.29) is 30.2 Å². The number of anilines is 1. The minimum atomic E-state index is -0.359. The highest BCUT2D eigenvalue weighted by Crippen LogP contribution is 2.34. The molecule has 0 aliphatic carbocycles. The average Bonchev–Trinajstić information content (AvgIpc) is 3.11. The molecule has 1 aromatic carbocycles. The van der Waals surface area contributed by atoms with Crippen LogP contribution in [0.5, 0.6) is 5.75 Å². The number of benzene rings is 1. The quantitative estimate of drug-likeness (QED) is 0.893. The molecule has 1 aromatic heterocycles. The maximum Gasteiger partial charge on any atom is 0.227 e. The highest BCUT2D eigenvalue weighted by molar-refractivity contribution is 5.96. The number of aromatic nitrogens is 1. The number of nitrogens with zero attached hydrogens (tertiary/aromatic N) is 2. The van der Waals surface area contributed by atoms with Gasteiger partial charge in [-0.3, -0.25) is 9.78 Å². The van der Waals surface area contributed by atoms with E-state index in [1.807, 2.05) is 12.1 Å². The summed E-state index contributed by atoms with van der Waals surface area (Å²) in [6.07, 6.45) is 5.46. The van der Waals surface area contributed by atoms with Crippen molar-refractivity contribution in [1.29, 1.82) is 0 Å². The van der Waals surface area contributed by atoms with Crippen LogP contribution in [0, 0.1) is 5.82 Å². The summed E-state index contributed by atoms with van der Waals surface area (Å²) in [6, 6.07) is 5.09. The van der Waals surface area contributed by atoms with Gasteiger partial charge in [-0.25, -0.2) is 4.39 Å². The van der Waals surface area contributed by atoms with Gasteiger partial charge in [-0.1, -0.05) is 0 Å². The number of carbonyl (C=O) groups excluding carboxylic acids is 1. The lowest BCUT2D eigenvalue weighted by Crippen LogP contribution is -2.31. The van der Waals surface area contributed by atoms with E-state index < -0.39 is 0 Å². The van der Waals surface area contributed by atoms with Crippen LogP contribution in [-0.2, 0) is 11.2 Å². The van der Waals surface area contributed by atoms with Crippen LogP contribution in [0.4, 0.5) is 10.1 Å². The largest absolute Gasteiger partial charge is 0.487 e. The van der Waals surface area contributed by atoms with Crippen molar-refractivity contribution in [1.82, 2.24) is 10.3 Å². The number of hydrogen-bond acceptors (Lipinski definition) is 4. The van der Waals surface area contributed by atoms with E-state index in [0.29, 0.717) is 35.4 Å². The normalized spacial score (nSPS) is 19.1. The Labute approximate surface area is 158 Å². The summed E-state index contributed by atoms with van der Waals surface area (Å²) in [6.45, 7) is 1.77. The smallest absolute Gasteiger partial charge is 0.227 e. The standard InChI is InChI=1S/C19H20FN3O2.ClH/c1-23-18-8-17(20)16(7-12(18)2-3-19(23)24)13-6-15(11-22-9-13)25-14-4-5-21-10-14;/h6-9,11,14,21H,2-5,10H2,1H3;1H. The molecule has 3 heterocycles. The molecule has 7 heteroatoms. The molecule has 138 valence electrons. The zero-order valence-corrected chi connectivity index (χ0v) is 15.3. The predicted octanol–water partition coefficient (Wildman–Crippen LogP) is 2.96. The first-order valence-electron chi connectivity index (χ1n) is 8.53. The first-order valence-corrected chi connectivity index (χ1v) is 8.53. The third kappa shape index (κ3) is 3.52. The summed E-state index contributed by atoms with van der Waals surface area (Å²) < 4.78 is 20.6.